The third kappa shape index (κ3) is 5.29. The molecule has 0 fully saturated rings. The molecule has 0 bridgehead atoms. The molecule has 0 aliphatic rings. The number of rotatable bonds is 6. The molecule has 0 unspecified atom stereocenters. The van der Waals surface area contributed by atoms with E-state index in [1.165, 1.54) is 21.5 Å². The Kier molecular flexibility index (Phi) is 7.54. The van der Waals surface area contributed by atoms with E-state index in [2.05, 4.69) is 211 Å². The topological polar surface area (TPSA) is 29.5 Å². The summed E-state index contributed by atoms with van der Waals surface area (Å²) in [6.07, 6.45) is 0. The average Bonchev–Trinajstić information content (AvgIpc) is 3.89. The standard InChI is InChI=1S/C56H35NO2/c1-3-14-36(15-4-1)43-21-11-23-48-54-50(25-13-27-52(54)59-55(43)48)57(49-24-12-22-45-41-19-8-7-18-38(41)30-33-46(45)49)40-31-28-39(29-32-40)42-34-35-44(37-16-5-2-6-17-37)56-53(42)47-20-9-10-26-51(47)58-56/h1-35H. The molecule has 3 heteroatoms. The number of anilines is 3. The van der Waals surface area contributed by atoms with E-state index in [9.17, 15) is 0 Å². The lowest BCUT2D eigenvalue weighted by Crippen LogP contribution is -2.11. The molecule has 0 N–H and O–H groups in total. The highest BCUT2D eigenvalue weighted by atomic mass is 16.3. The van der Waals surface area contributed by atoms with E-state index < -0.39 is 0 Å². The third-order valence-electron chi connectivity index (χ3n) is 11.9. The van der Waals surface area contributed by atoms with Crippen LogP contribution in [-0.2, 0) is 0 Å². The van der Waals surface area contributed by atoms with Crippen LogP contribution in [-0.4, -0.2) is 0 Å². The zero-order valence-corrected chi connectivity index (χ0v) is 32.0. The van der Waals surface area contributed by atoms with Crippen molar-refractivity contribution in [3.63, 3.8) is 0 Å². The molecule has 12 aromatic rings. The van der Waals surface area contributed by atoms with Crippen LogP contribution in [0.5, 0.6) is 0 Å². The molecular weight excluding hydrogens is 719 g/mol. The molecule has 2 aromatic heterocycles. The second-order valence-electron chi connectivity index (χ2n) is 15.2. The molecule has 0 radical (unpaired) electrons. The van der Waals surface area contributed by atoms with Crippen molar-refractivity contribution >= 4 is 82.5 Å². The van der Waals surface area contributed by atoms with E-state index in [0.717, 1.165) is 94.3 Å². The van der Waals surface area contributed by atoms with Gasteiger partial charge in [-0.05, 0) is 80.9 Å². The fourth-order valence-electron chi connectivity index (χ4n) is 9.19. The van der Waals surface area contributed by atoms with Crippen LogP contribution >= 0.6 is 0 Å². The Balaban J connectivity index is 1.09. The minimum Gasteiger partial charge on any atom is -0.455 e. The first-order chi connectivity index (χ1) is 29.3. The van der Waals surface area contributed by atoms with E-state index in [0.29, 0.717) is 0 Å². The van der Waals surface area contributed by atoms with Gasteiger partial charge in [0.15, 0.2) is 0 Å². The summed E-state index contributed by atoms with van der Waals surface area (Å²) in [4.78, 5) is 2.41. The highest BCUT2D eigenvalue weighted by molar-refractivity contribution is 6.19. The molecule has 3 nitrogen and oxygen atoms in total. The van der Waals surface area contributed by atoms with Crippen molar-refractivity contribution in [2.24, 2.45) is 0 Å². The fourth-order valence-corrected chi connectivity index (χ4v) is 9.19. The number of furan rings is 2. The van der Waals surface area contributed by atoms with Gasteiger partial charge in [0.25, 0.3) is 0 Å². The maximum Gasteiger partial charge on any atom is 0.143 e. The van der Waals surface area contributed by atoms with Crippen molar-refractivity contribution in [1.82, 2.24) is 0 Å². The first-order valence-corrected chi connectivity index (χ1v) is 20.1. The maximum atomic E-state index is 6.80. The van der Waals surface area contributed by atoms with Crippen molar-refractivity contribution in [3.05, 3.63) is 212 Å². The summed E-state index contributed by atoms with van der Waals surface area (Å²) in [7, 11) is 0. The molecule has 59 heavy (non-hydrogen) atoms. The molecule has 0 saturated carbocycles. The van der Waals surface area contributed by atoms with Gasteiger partial charge in [-0.25, -0.2) is 0 Å². The van der Waals surface area contributed by atoms with Crippen LogP contribution in [0.1, 0.15) is 0 Å². The van der Waals surface area contributed by atoms with Gasteiger partial charge in [-0.3, -0.25) is 0 Å². The van der Waals surface area contributed by atoms with Crippen molar-refractivity contribution in [2.75, 3.05) is 4.90 Å². The lowest BCUT2D eigenvalue weighted by Gasteiger charge is -2.28. The summed E-state index contributed by atoms with van der Waals surface area (Å²) in [6, 6.07) is 75.5. The van der Waals surface area contributed by atoms with Gasteiger partial charge < -0.3 is 13.7 Å². The molecule has 10 aromatic carbocycles. The summed E-state index contributed by atoms with van der Waals surface area (Å²) in [5.41, 5.74) is 13.4. The van der Waals surface area contributed by atoms with Gasteiger partial charge in [0.05, 0.1) is 16.8 Å². The molecule has 0 amide bonds. The normalized spacial score (nSPS) is 11.7. The Morgan fingerprint density at radius 2 is 0.864 bits per heavy atom. The monoisotopic (exact) mass is 753 g/mol. The molecular formula is C56H35NO2. The third-order valence-corrected chi connectivity index (χ3v) is 11.9. The minimum atomic E-state index is 0.848. The largest absolute Gasteiger partial charge is 0.455 e. The van der Waals surface area contributed by atoms with Crippen molar-refractivity contribution in [1.29, 1.82) is 0 Å². The first-order valence-electron chi connectivity index (χ1n) is 20.1. The number of hydrogen-bond acceptors (Lipinski definition) is 3. The predicted octanol–water partition coefficient (Wildman–Crippen LogP) is 16.3. The highest BCUT2D eigenvalue weighted by Crippen LogP contribution is 2.48. The van der Waals surface area contributed by atoms with Crippen LogP contribution in [0.15, 0.2) is 221 Å². The summed E-state index contributed by atoms with van der Waals surface area (Å²) in [5.74, 6) is 0. The lowest BCUT2D eigenvalue weighted by atomic mass is 9.94. The summed E-state index contributed by atoms with van der Waals surface area (Å²) < 4.78 is 13.4. The quantitative estimate of drug-likeness (QED) is 0.158. The average molecular weight is 754 g/mol. The van der Waals surface area contributed by atoms with E-state index in [-0.39, 0.29) is 0 Å². The van der Waals surface area contributed by atoms with Gasteiger partial charge in [-0.15, -0.1) is 0 Å². The molecule has 12 rings (SSSR count). The molecule has 0 aliphatic carbocycles. The zero-order chi connectivity index (χ0) is 38.9. The summed E-state index contributed by atoms with van der Waals surface area (Å²) in [6.45, 7) is 0. The van der Waals surface area contributed by atoms with Gasteiger partial charge >= 0.3 is 0 Å². The molecule has 2 heterocycles. The number of fused-ring (bicyclic) bond motifs is 9. The first kappa shape index (κ1) is 33.3. The van der Waals surface area contributed by atoms with E-state index in [1.54, 1.807) is 0 Å². The Morgan fingerprint density at radius 1 is 0.288 bits per heavy atom. The van der Waals surface area contributed by atoms with Gasteiger partial charge in [0.1, 0.15) is 22.3 Å². The van der Waals surface area contributed by atoms with Crippen LogP contribution in [0.4, 0.5) is 17.1 Å². The van der Waals surface area contributed by atoms with Crippen LogP contribution in [0, 0.1) is 0 Å². The Hall–Kier alpha value is -7.88. The van der Waals surface area contributed by atoms with Crippen molar-refractivity contribution in [2.45, 2.75) is 0 Å². The zero-order valence-electron chi connectivity index (χ0n) is 32.0. The fraction of sp³-hybridized carbons (Fsp3) is 0. The molecule has 0 saturated heterocycles. The van der Waals surface area contributed by atoms with Gasteiger partial charge in [-0.1, -0.05) is 170 Å². The summed E-state index contributed by atoms with van der Waals surface area (Å²) >= 11 is 0. The van der Waals surface area contributed by atoms with Crippen molar-refractivity contribution in [3.8, 4) is 33.4 Å². The molecule has 0 atom stereocenters. The smallest absolute Gasteiger partial charge is 0.143 e. The lowest BCUT2D eigenvalue weighted by molar-refractivity contribution is 0.669. The highest BCUT2D eigenvalue weighted by Gasteiger charge is 2.23. The number of nitrogens with zero attached hydrogens (tertiary/aromatic N) is 1. The van der Waals surface area contributed by atoms with E-state index in [1.807, 2.05) is 6.07 Å². The molecule has 276 valence electrons. The Bertz CT molecular complexity index is 3540. The number of para-hydroxylation sites is 2. The number of benzene rings is 10. The van der Waals surface area contributed by atoms with E-state index >= 15 is 0 Å². The maximum absolute atomic E-state index is 6.80. The van der Waals surface area contributed by atoms with Gasteiger partial charge in [0.2, 0.25) is 0 Å². The van der Waals surface area contributed by atoms with E-state index in [4.69, 9.17) is 8.83 Å². The Morgan fingerprint density at radius 3 is 1.68 bits per heavy atom. The SMILES string of the molecule is c1ccc(-c2cccc3c2oc2cccc(N(c4ccc(-c5ccc(-c6ccccc6)c6oc7ccccc7c56)cc4)c4cccc5c4ccc4ccccc45)c23)cc1. The predicted molar refractivity (Wildman–Crippen MR) is 247 cm³/mol. The number of hydrogen-bond donors (Lipinski definition) is 0. The van der Waals surface area contributed by atoms with Crippen LogP contribution in [0.3, 0.4) is 0 Å². The van der Waals surface area contributed by atoms with Crippen LogP contribution < -0.4 is 4.90 Å². The minimum absolute atomic E-state index is 0.848. The van der Waals surface area contributed by atoms with Gasteiger partial charge in [0, 0.05) is 38.4 Å². The molecule has 0 spiro atoms. The molecule has 0 aliphatic heterocycles. The second kappa shape index (κ2) is 13.4. The van der Waals surface area contributed by atoms with Crippen LogP contribution in [0.2, 0.25) is 0 Å². The van der Waals surface area contributed by atoms with Crippen LogP contribution in [0.25, 0.3) is 98.8 Å². The summed E-state index contributed by atoms with van der Waals surface area (Å²) in [5, 5.41) is 9.23. The van der Waals surface area contributed by atoms with Gasteiger partial charge in [-0.2, -0.15) is 0 Å². The Labute approximate surface area is 340 Å². The second-order valence-corrected chi connectivity index (χ2v) is 15.2. The van der Waals surface area contributed by atoms with Crippen molar-refractivity contribution < 1.29 is 8.83 Å².